The van der Waals surface area contributed by atoms with E-state index >= 15 is 0 Å². The smallest absolute Gasteiger partial charge is 0.243 e. The van der Waals surface area contributed by atoms with E-state index in [1.807, 2.05) is 38.1 Å². The molecule has 3 rings (SSSR count). The van der Waals surface area contributed by atoms with Gasteiger partial charge >= 0.3 is 0 Å². The molecule has 2 aromatic rings. The fraction of sp³-hybridized carbons (Fsp3) is 0.375. The van der Waals surface area contributed by atoms with Gasteiger partial charge in [-0.2, -0.15) is 0 Å². The van der Waals surface area contributed by atoms with E-state index in [0.717, 1.165) is 22.3 Å². The van der Waals surface area contributed by atoms with Gasteiger partial charge in [-0.05, 0) is 31.9 Å². The molecule has 0 radical (unpaired) electrons. The van der Waals surface area contributed by atoms with Crippen LogP contribution in [0.25, 0.3) is 11.0 Å². The zero-order chi connectivity index (χ0) is 15.0. The van der Waals surface area contributed by atoms with Crippen LogP contribution in [0.3, 0.4) is 0 Å². The van der Waals surface area contributed by atoms with E-state index in [-0.39, 0.29) is 23.9 Å². The van der Waals surface area contributed by atoms with Gasteiger partial charge in [0, 0.05) is 11.8 Å². The number of para-hydroxylation sites is 1. The number of carbonyl (C=O) groups excluding carboxylic acids is 2. The summed E-state index contributed by atoms with van der Waals surface area (Å²) in [7, 11) is 0. The minimum Gasteiger partial charge on any atom is -0.459 e. The highest BCUT2D eigenvalue weighted by molar-refractivity contribution is 6.00. The lowest BCUT2D eigenvalue weighted by molar-refractivity contribution is -0.134. The standard InChI is InChI=1S/C16H18N2O3/c1-9-11-5-3-4-6-13(11)21-15(9)10(2)17-12-7-8-14(19)18-16(12)20/h3-6,10,12,17H,7-8H2,1-2H3,(H,18,19,20). The first kappa shape index (κ1) is 13.8. The fourth-order valence-corrected chi connectivity index (χ4v) is 2.84. The number of piperidine rings is 1. The minimum atomic E-state index is -0.356. The molecule has 2 heterocycles. The molecule has 0 aliphatic carbocycles. The van der Waals surface area contributed by atoms with Crippen molar-refractivity contribution in [3.05, 3.63) is 35.6 Å². The van der Waals surface area contributed by atoms with Gasteiger partial charge in [-0.25, -0.2) is 0 Å². The van der Waals surface area contributed by atoms with Gasteiger partial charge in [0.05, 0.1) is 12.1 Å². The van der Waals surface area contributed by atoms with Crippen LogP contribution in [0.1, 0.15) is 37.1 Å². The molecule has 5 heteroatoms. The average molecular weight is 286 g/mol. The van der Waals surface area contributed by atoms with Crippen LogP contribution in [-0.2, 0) is 9.59 Å². The van der Waals surface area contributed by atoms with Crippen molar-refractivity contribution in [1.29, 1.82) is 0 Å². The third kappa shape index (κ3) is 2.56. The Hall–Kier alpha value is -2.14. The third-order valence-electron chi connectivity index (χ3n) is 3.96. The van der Waals surface area contributed by atoms with E-state index in [0.29, 0.717) is 12.8 Å². The summed E-state index contributed by atoms with van der Waals surface area (Å²) in [4.78, 5) is 23.0. The quantitative estimate of drug-likeness (QED) is 0.849. The van der Waals surface area contributed by atoms with Crippen LogP contribution < -0.4 is 10.6 Å². The van der Waals surface area contributed by atoms with Crippen molar-refractivity contribution in [3.63, 3.8) is 0 Å². The van der Waals surface area contributed by atoms with E-state index in [4.69, 9.17) is 4.42 Å². The number of aryl methyl sites for hydroxylation is 1. The molecule has 2 amide bonds. The largest absolute Gasteiger partial charge is 0.459 e. The molecule has 1 aromatic carbocycles. The molecule has 1 aromatic heterocycles. The Balaban J connectivity index is 1.81. The number of carbonyl (C=O) groups is 2. The zero-order valence-corrected chi connectivity index (χ0v) is 12.1. The summed E-state index contributed by atoms with van der Waals surface area (Å²) < 4.78 is 5.90. The lowest BCUT2D eigenvalue weighted by Crippen LogP contribution is -2.51. The fourth-order valence-electron chi connectivity index (χ4n) is 2.84. The average Bonchev–Trinajstić information content (AvgIpc) is 2.80. The Bertz CT molecular complexity index is 705. The van der Waals surface area contributed by atoms with Gasteiger partial charge in [-0.1, -0.05) is 18.2 Å². The summed E-state index contributed by atoms with van der Waals surface area (Å²) in [5, 5.41) is 6.69. The van der Waals surface area contributed by atoms with Gasteiger partial charge in [0.1, 0.15) is 11.3 Å². The number of amides is 2. The van der Waals surface area contributed by atoms with Crippen molar-refractivity contribution in [2.45, 2.75) is 38.8 Å². The number of imide groups is 1. The second kappa shape index (κ2) is 5.33. The monoisotopic (exact) mass is 286 g/mol. The lowest BCUT2D eigenvalue weighted by atomic mass is 10.0. The van der Waals surface area contributed by atoms with Gasteiger partial charge in [0.2, 0.25) is 11.8 Å². The van der Waals surface area contributed by atoms with Gasteiger partial charge < -0.3 is 4.42 Å². The molecule has 5 nitrogen and oxygen atoms in total. The Labute approximate surface area is 122 Å². The van der Waals surface area contributed by atoms with Gasteiger partial charge in [-0.15, -0.1) is 0 Å². The predicted molar refractivity (Wildman–Crippen MR) is 78.7 cm³/mol. The van der Waals surface area contributed by atoms with Crippen LogP contribution >= 0.6 is 0 Å². The number of nitrogens with one attached hydrogen (secondary N) is 2. The SMILES string of the molecule is Cc1c(C(C)NC2CCC(=O)NC2=O)oc2ccccc12. The van der Waals surface area contributed by atoms with Crippen LogP contribution in [-0.4, -0.2) is 17.9 Å². The summed E-state index contributed by atoms with van der Waals surface area (Å²) in [6, 6.07) is 7.42. The van der Waals surface area contributed by atoms with E-state index in [1.54, 1.807) is 0 Å². The van der Waals surface area contributed by atoms with E-state index in [2.05, 4.69) is 10.6 Å². The predicted octanol–water partition coefficient (Wildman–Crippen LogP) is 2.20. The first-order chi connectivity index (χ1) is 10.1. The Morgan fingerprint density at radius 1 is 1.33 bits per heavy atom. The summed E-state index contributed by atoms with van der Waals surface area (Å²) in [5.74, 6) is 0.374. The molecular weight excluding hydrogens is 268 g/mol. The molecule has 0 bridgehead atoms. The molecule has 1 aliphatic heterocycles. The van der Waals surface area contributed by atoms with Crippen LogP contribution in [0.4, 0.5) is 0 Å². The minimum absolute atomic E-state index is 0.0960. The van der Waals surface area contributed by atoms with Crippen molar-refractivity contribution >= 4 is 22.8 Å². The Morgan fingerprint density at radius 3 is 2.81 bits per heavy atom. The highest BCUT2D eigenvalue weighted by Crippen LogP contribution is 2.29. The van der Waals surface area contributed by atoms with Crippen LogP contribution in [0.2, 0.25) is 0 Å². The summed E-state index contributed by atoms with van der Waals surface area (Å²) >= 11 is 0. The lowest BCUT2D eigenvalue weighted by Gasteiger charge is -2.24. The molecule has 2 N–H and O–H groups in total. The van der Waals surface area contributed by atoms with E-state index < -0.39 is 0 Å². The Kier molecular flexibility index (Phi) is 3.51. The third-order valence-corrected chi connectivity index (χ3v) is 3.96. The molecule has 21 heavy (non-hydrogen) atoms. The normalized spacial score (nSPS) is 20.6. The molecule has 1 aliphatic rings. The highest BCUT2D eigenvalue weighted by Gasteiger charge is 2.29. The molecule has 1 fully saturated rings. The second-order valence-electron chi connectivity index (χ2n) is 5.48. The van der Waals surface area contributed by atoms with Gasteiger partial charge in [0.25, 0.3) is 0 Å². The maximum Gasteiger partial charge on any atom is 0.243 e. The second-order valence-corrected chi connectivity index (χ2v) is 5.48. The van der Waals surface area contributed by atoms with Crippen molar-refractivity contribution in [1.82, 2.24) is 10.6 Å². The van der Waals surface area contributed by atoms with Crippen LogP contribution in [0, 0.1) is 6.92 Å². The molecule has 1 saturated heterocycles. The first-order valence-electron chi connectivity index (χ1n) is 7.14. The number of fused-ring (bicyclic) bond motifs is 1. The van der Waals surface area contributed by atoms with E-state index in [1.165, 1.54) is 0 Å². The number of furan rings is 1. The number of benzene rings is 1. The van der Waals surface area contributed by atoms with Crippen molar-refractivity contribution < 1.29 is 14.0 Å². The first-order valence-corrected chi connectivity index (χ1v) is 7.14. The molecule has 0 saturated carbocycles. The van der Waals surface area contributed by atoms with Crippen molar-refractivity contribution in [2.24, 2.45) is 0 Å². The molecule has 2 atom stereocenters. The maximum atomic E-state index is 11.8. The topological polar surface area (TPSA) is 71.3 Å². The summed E-state index contributed by atoms with van der Waals surface area (Å²) in [5.41, 5.74) is 1.93. The van der Waals surface area contributed by atoms with Gasteiger partial charge in [0.15, 0.2) is 0 Å². The summed E-state index contributed by atoms with van der Waals surface area (Å²) in [6.07, 6.45) is 0.892. The van der Waals surface area contributed by atoms with E-state index in [9.17, 15) is 9.59 Å². The van der Waals surface area contributed by atoms with Crippen molar-refractivity contribution in [2.75, 3.05) is 0 Å². The maximum absolute atomic E-state index is 11.8. The number of hydrogen-bond donors (Lipinski definition) is 2. The van der Waals surface area contributed by atoms with Crippen LogP contribution in [0.5, 0.6) is 0 Å². The van der Waals surface area contributed by atoms with Crippen molar-refractivity contribution in [3.8, 4) is 0 Å². The molecular formula is C16H18N2O3. The number of rotatable bonds is 3. The zero-order valence-electron chi connectivity index (χ0n) is 12.1. The molecule has 2 unspecified atom stereocenters. The van der Waals surface area contributed by atoms with Gasteiger partial charge in [-0.3, -0.25) is 20.2 Å². The van der Waals surface area contributed by atoms with Crippen LogP contribution in [0.15, 0.2) is 28.7 Å². The Morgan fingerprint density at radius 2 is 2.10 bits per heavy atom. The summed E-state index contributed by atoms with van der Waals surface area (Å²) in [6.45, 7) is 3.98. The highest BCUT2D eigenvalue weighted by atomic mass is 16.3. The number of hydrogen-bond acceptors (Lipinski definition) is 4. The molecule has 0 spiro atoms. The molecule has 110 valence electrons.